The number of anilines is 1. The first-order chi connectivity index (χ1) is 14.4. The second kappa shape index (κ2) is 9.88. The van der Waals surface area contributed by atoms with Crippen molar-refractivity contribution >= 4 is 44.3 Å². The summed E-state index contributed by atoms with van der Waals surface area (Å²) in [4.78, 5) is 39.2. The summed E-state index contributed by atoms with van der Waals surface area (Å²) in [7, 11) is 1.63. The topological polar surface area (TPSA) is 109 Å². The van der Waals surface area contributed by atoms with Crippen LogP contribution in [0, 0.1) is 6.92 Å². The first-order valence-corrected chi connectivity index (χ1v) is 11.5. The Bertz CT molecular complexity index is 915. The predicted molar refractivity (Wildman–Crippen MR) is 117 cm³/mol. The van der Waals surface area contributed by atoms with E-state index in [-0.39, 0.29) is 29.8 Å². The summed E-state index contributed by atoms with van der Waals surface area (Å²) in [5.41, 5.74) is 1.54. The van der Waals surface area contributed by atoms with E-state index < -0.39 is 0 Å². The molecule has 30 heavy (non-hydrogen) atoms. The summed E-state index contributed by atoms with van der Waals surface area (Å²) in [6.45, 7) is 7.14. The molecule has 0 radical (unpaired) electrons. The van der Waals surface area contributed by atoms with E-state index in [1.165, 1.54) is 11.3 Å². The number of hydrogen-bond acceptors (Lipinski definition) is 8. The molecule has 1 amide bonds. The molecule has 0 spiro atoms. The fraction of sp³-hybridized carbons (Fsp3) is 0.579. The summed E-state index contributed by atoms with van der Waals surface area (Å²) in [6, 6.07) is -0.154. The molecule has 1 aliphatic rings. The van der Waals surface area contributed by atoms with Crippen molar-refractivity contribution in [1.82, 2.24) is 20.3 Å². The van der Waals surface area contributed by atoms with E-state index in [0.717, 1.165) is 17.2 Å². The van der Waals surface area contributed by atoms with E-state index in [1.54, 1.807) is 21.0 Å². The number of carbonyl (C=O) groups is 2. The number of halogens is 1. The van der Waals surface area contributed by atoms with Crippen molar-refractivity contribution in [2.45, 2.75) is 45.8 Å². The van der Waals surface area contributed by atoms with Crippen LogP contribution < -0.4 is 10.2 Å². The third-order valence-electron chi connectivity index (χ3n) is 4.99. The Hall–Kier alpha value is -1.98. The first-order valence-electron chi connectivity index (χ1n) is 9.85. The van der Waals surface area contributed by atoms with Crippen molar-refractivity contribution in [2.75, 3.05) is 31.7 Å². The average molecular weight is 500 g/mol. The fourth-order valence-electron chi connectivity index (χ4n) is 3.36. The molecule has 3 heterocycles. The summed E-state index contributed by atoms with van der Waals surface area (Å²) in [5.74, 6) is -0.323. The fourth-order valence-corrected chi connectivity index (χ4v) is 4.92. The number of H-pyrrole nitrogens is 1. The van der Waals surface area contributed by atoms with Gasteiger partial charge in [-0.2, -0.15) is 0 Å². The molecule has 3 rings (SSSR count). The summed E-state index contributed by atoms with van der Waals surface area (Å²) in [5, 5.41) is 3.78. The number of nitrogens with one attached hydrogen (secondary N) is 2. The quantitative estimate of drug-likeness (QED) is 0.563. The van der Waals surface area contributed by atoms with E-state index in [2.05, 4.69) is 41.1 Å². The zero-order chi connectivity index (χ0) is 21.8. The minimum Gasteiger partial charge on any atom is -0.462 e. The molecule has 9 nitrogen and oxygen atoms in total. The van der Waals surface area contributed by atoms with Crippen molar-refractivity contribution in [3.63, 3.8) is 0 Å². The van der Waals surface area contributed by atoms with Gasteiger partial charge in [0.25, 0.3) is 5.91 Å². The third kappa shape index (κ3) is 4.84. The number of aryl methyl sites for hydroxylation is 2. The Balaban J connectivity index is 1.67. The maximum absolute atomic E-state index is 12.6. The Morgan fingerprint density at radius 1 is 1.37 bits per heavy atom. The van der Waals surface area contributed by atoms with Crippen molar-refractivity contribution < 1.29 is 19.1 Å². The van der Waals surface area contributed by atoms with Crippen LogP contribution in [0.2, 0.25) is 0 Å². The number of piperidine rings is 1. The lowest BCUT2D eigenvalue weighted by molar-refractivity contribution is 0.0530. The lowest BCUT2D eigenvalue weighted by atomic mass is 10.0. The van der Waals surface area contributed by atoms with Gasteiger partial charge in [0.1, 0.15) is 9.48 Å². The number of thiazole rings is 1. The van der Waals surface area contributed by atoms with Crippen molar-refractivity contribution in [3.05, 3.63) is 26.7 Å². The van der Waals surface area contributed by atoms with Gasteiger partial charge in [0.05, 0.1) is 24.4 Å². The van der Waals surface area contributed by atoms with Gasteiger partial charge in [-0.3, -0.25) is 4.79 Å². The number of hydrogen-bond donors (Lipinski definition) is 2. The number of aromatic amines is 1. The SMILES string of the molecule is CCOC(=O)c1sc(N2CCC(NC(=O)c3nc(Br)c(CC)[nH]3)C(OC)C2)nc1C. The van der Waals surface area contributed by atoms with Crippen LogP contribution in [-0.4, -0.2) is 65.8 Å². The molecule has 0 aliphatic carbocycles. The van der Waals surface area contributed by atoms with Gasteiger partial charge in [0.15, 0.2) is 11.0 Å². The Morgan fingerprint density at radius 3 is 2.77 bits per heavy atom. The zero-order valence-corrected chi connectivity index (χ0v) is 19.9. The number of aromatic nitrogens is 3. The molecular formula is C19H26BrN5O4S. The summed E-state index contributed by atoms with van der Waals surface area (Å²) in [6.07, 6.45) is 1.21. The molecule has 2 aromatic heterocycles. The zero-order valence-electron chi connectivity index (χ0n) is 17.5. The number of ether oxygens (including phenoxy) is 2. The third-order valence-corrected chi connectivity index (χ3v) is 6.85. The highest BCUT2D eigenvalue weighted by atomic mass is 79.9. The van der Waals surface area contributed by atoms with Crippen LogP contribution in [0.5, 0.6) is 0 Å². The molecule has 2 atom stereocenters. The lowest BCUT2D eigenvalue weighted by Gasteiger charge is -2.37. The van der Waals surface area contributed by atoms with Gasteiger partial charge < -0.3 is 24.7 Å². The molecule has 2 aromatic rings. The molecule has 1 aliphatic heterocycles. The Kier molecular flexibility index (Phi) is 7.48. The van der Waals surface area contributed by atoms with Crippen molar-refractivity contribution in [1.29, 1.82) is 0 Å². The maximum Gasteiger partial charge on any atom is 0.350 e. The monoisotopic (exact) mass is 499 g/mol. The molecule has 1 fully saturated rings. The molecule has 11 heteroatoms. The Labute approximate surface area is 187 Å². The van der Waals surface area contributed by atoms with Gasteiger partial charge in [0.2, 0.25) is 0 Å². The van der Waals surface area contributed by atoms with Crippen LogP contribution >= 0.6 is 27.3 Å². The molecule has 0 saturated carbocycles. The van der Waals surface area contributed by atoms with Gasteiger partial charge in [-0.25, -0.2) is 14.8 Å². The van der Waals surface area contributed by atoms with Crippen molar-refractivity contribution in [2.24, 2.45) is 0 Å². The molecular weight excluding hydrogens is 474 g/mol. The second-order valence-electron chi connectivity index (χ2n) is 6.93. The van der Waals surface area contributed by atoms with Gasteiger partial charge in [-0.15, -0.1) is 0 Å². The first kappa shape index (κ1) is 22.7. The van der Waals surface area contributed by atoms with Crippen LogP contribution in [0.15, 0.2) is 4.60 Å². The standard InChI is InChI=1S/C19H26BrN5O4S/c1-5-11-15(20)24-16(22-11)17(26)23-12-7-8-25(9-13(12)28-4)19-21-10(3)14(30-19)18(27)29-6-2/h12-13H,5-9H2,1-4H3,(H,22,24)(H,23,26). The highest BCUT2D eigenvalue weighted by Crippen LogP contribution is 2.29. The van der Waals surface area contributed by atoms with Gasteiger partial charge in [-0.05, 0) is 42.6 Å². The van der Waals surface area contributed by atoms with E-state index >= 15 is 0 Å². The molecule has 2 N–H and O–H groups in total. The summed E-state index contributed by atoms with van der Waals surface area (Å²) >= 11 is 4.69. The second-order valence-corrected chi connectivity index (χ2v) is 8.66. The highest BCUT2D eigenvalue weighted by molar-refractivity contribution is 9.10. The van der Waals surface area contributed by atoms with Gasteiger partial charge in [0, 0.05) is 25.9 Å². The van der Waals surface area contributed by atoms with Crippen LogP contribution in [0.4, 0.5) is 5.13 Å². The lowest BCUT2D eigenvalue weighted by Crippen LogP contribution is -2.55. The maximum atomic E-state index is 12.6. The number of methoxy groups -OCH3 is 1. The van der Waals surface area contributed by atoms with Crippen LogP contribution in [0.25, 0.3) is 0 Å². The minimum atomic E-state index is -0.347. The molecule has 1 saturated heterocycles. The Morgan fingerprint density at radius 2 is 2.13 bits per heavy atom. The molecule has 2 unspecified atom stereocenters. The highest BCUT2D eigenvalue weighted by Gasteiger charge is 2.33. The van der Waals surface area contributed by atoms with Crippen LogP contribution in [0.3, 0.4) is 0 Å². The van der Waals surface area contributed by atoms with E-state index in [4.69, 9.17) is 9.47 Å². The molecule has 0 bridgehead atoms. The number of esters is 1. The molecule has 164 valence electrons. The number of rotatable bonds is 7. The van der Waals surface area contributed by atoms with Crippen LogP contribution in [0.1, 0.15) is 51.9 Å². The van der Waals surface area contributed by atoms with Crippen LogP contribution in [-0.2, 0) is 15.9 Å². The van der Waals surface area contributed by atoms with Gasteiger partial charge >= 0.3 is 5.97 Å². The number of carbonyl (C=O) groups excluding carboxylic acids is 2. The van der Waals surface area contributed by atoms with E-state index in [1.807, 2.05) is 6.92 Å². The predicted octanol–water partition coefficient (Wildman–Crippen LogP) is 2.70. The van der Waals surface area contributed by atoms with E-state index in [0.29, 0.717) is 41.3 Å². The number of nitrogens with zero attached hydrogens (tertiary/aromatic N) is 3. The molecule has 0 aromatic carbocycles. The smallest absolute Gasteiger partial charge is 0.350 e. The number of imidazole rings is 1. The van der Waals surface area contributed by atoms with Gasteiger partial charge in [-0.1, -0.05) is 18.3 Å². The minimum absolute atomic E-state index is 0.154. The summed E-state index contributed by atoms with van der Waals surface area (Å²) < 4.78 is 11.4. The van der Waals surface area contributed by atoms with Crippen molar-refractivity contribution in [3.8, 4) is 0 Å². The average Bonchev–Trinajstić information content (AvgIpc) is 3.31. The largest absolute Gasteiger partial charge is 0.462 e. The normalized spacial score (nSPS) is 19.0. The van der Waals surface area contributed by atoms with E-state index in [9.17, 15) is 9.59 Å². The number of amides is 1.